The van der Waals surface area contributed by atoms with Crippen LogP contribution in [0.4, 0.5) is 8.78 Å². The van der Waals surface area contributed by atoms with Crippen LogP contribution in [0.5, 0.6) is 0 Å². The Labute approximate surface area is 424 Å². The van der Waals surface area contributed by atoms with Crippen LogP contribution < -0.4 is 0 Å². The summed E-state index contributed by atoms with van der Waals surface area (Å²) in [4.78, 5) is 0. The van der Waals surface area contributed by atoms with Gasteiger partial charge in [-0.25, -0.2) is 8.78 Å². The summed E-state index contributed by atoms with van der Waals surface area (Å²) in [5.41, 5.74) is 13.2. The van der Waals surface area contributed by atoms with E-state index in [4.69, 9.17) is 0 Å². The van der Waals surface area contributed by atoms with Gasteiger partial charge in [0.25, 0.3) is 0 Å². The van der Waals surface area contributed by atoms with Gasteiger partial charge in [-0.15, -0.1) is 22.7 Å². The summed E-state index contributed by atoms with van der Waals surface area (Å²) in [6.45, 7) is 0. The minimum absolute atomic E-state index is 0.182. The molecular formula is C66H50F2N2S2. The van der Waals surface area contributed by atoms with Crippen molar-refractivity contribution in [1.82, 2.24) is 9.13 Å². The average Bonchev–Trinajstić information content (AvgIpc) is 4.18. The lowest BCUT2D eigenvalue weighted by atomic mass is 9.72. The number of halogens is 2. The van der Waals surface area contributed by atoms with Gasteiger partial charge in [0.05, 0.1) is 33.4 Å². The van der Waals surface area contributed by atoms with Crippen LogP contribution in [0.2, 0.25) is 0 Å². The molecule has 2 aliphatic rings. The second-order valence-electron chi connectivity index (χ2n) is 20.5. The Morgan fingerprint density at radius 2 is 0.778 bits per heavy atom. The summed E-state index contributed by atoms with van der Waals surface area (Å²) in [7, 11) is 0. The van der Waals surface area contributed by atoms with E-state index in [1.54, 1.807) is 24.3 Å². The first kappa shape index (κ1) is 42.6. The van der Waals surface area contributed by atoms with Gasteiger partial charge in [0.15, 0.2) is 0 Å². The van der Waals surface area contributed by atoms with Crippen molar-refractivity contribution in [3.63, 3.8) is 0 Å². The standard InChI is InChI=1S/C66H50F2N2S2/c67-43-23-15-21-41(37-43)59-57(39-17-3-1-4-18-39)63(69-51-29-11-7-27-49(51)61-53(69)35-33-47-45-25-9-13-31-55(45)71-65(47)61)58(40-19-5-2-6-20-40)60(42-22-16-24-44(68)38-42)64(59)70-52-30-12-8-28-50(52)62-54(70)36-34-48-46-26-10-14-32-56(46)72-66(48)62/h7-16,21-40H,1-6,17-20H2. The van der Waals surface area contributed by atoms with E-state index in [9.17, 15) is 0 Å². The third-order valence-corrected chi connectivity index (χ3v) is 19.0. The zero-order valence-electron chi connectivity index (χ0n) is 39.9. The quantitative estimate of drug-likeness (QED) is 0.157. The first-order valence-electron chi connectivity index (χ1n) is 26.0. The molecule has 4 aromatic heterocycles. The molecule has 0 radical (unpaired) electrons. The first-order chi connectivity index (χ1) is 35.6. The van der Waals surface area contributed by atoms with E-state index in [1.165, 1.54) is 103 Å². The van der Waals surface area contributed by atoms with Gasteiger partial charge >= 0.3 is 0 Å². The van der Waals surface area contributed by atoms with E-state index in [0.29, 0.717) is 0 Å². The summed E-state index contributed by atoms with van der Waals surface area (Å²) in [5.74, 6) is -0.171. The molecule has 0 amide bonds. The highest BCUT2D eigenvalue weighted by molar-refractivity contribution is 7.27. The van der Waals surface area contributed by atoms with Crippen molar-refractivity contribution in [2.45, 2.75) is 76.0 Å². The molecule has 0 unspecified atom stereocenters. The van der Waals surface area contributed by atoms with Crippen LogP contribution in [-0.2, 0) is 0 Å². The van der Waals surface area contributed by atoms with Gasteiger partial charge in [-0.3, -0.25) is 0 Å². The SMILES string of the molecule is Fc1cccc(-c2c(C3CCCCC3)c(-n3c4ccccc4c4c5sc6ccccc6c5ccc43)c(C3CCCCC3)c(-c3cccc(F)c3)c2-n2c3ccccc3c3c4sc5ccccc5c4ccc32)c1. The Hall–Kier alpha value is -7.12. The van der Waals surface area contributed by atoms with Gasteiger partial charge in [-0.05, 0) is 120 Å². The molecule has 350 valence electrons. The van der Waals surface area contributed by atoms with Crippen molar-refractivity contribution in [2.24, 2.45) is 0 Å². The minimum Gasteiger partial charge on any atom is -0.309 e. The number of para-hydroxylation sites is 2. The molecule has 72 heavy (non-hydrogen) atoms. The topological polar surface area (TPSA) is 9.86 Å². The van der Waals surface area contributed by atoms with Crippen molar-refractivity contribution in [2.75, 3.05) is 0 Å². The third-order valence-electron chi connectivity index (χ3n) is 16.6. The maximum absolute atomic E-state index is 16.5. The lowest BCUT2D eigenvalue weighted by Crippen LogP contribution is -2.20. The highest BCUT2D eigenvalue weighted by Crippen LogP contribution is 2.57. The van der Waals surface area contributed by atoms with Gasteiger partial charge in [0.1, 0.15) is 11.6 Å². The van der Waals surface area contributed by atoms with Crippen molar-refractivity contribution >= 4 is 107 Å². The number of nitrogens with zero attached hydrogens (tertiary/aromatic N) is 2. The minimum atomic E-state index is -0.267. The Bertz CT molecular complexity index is 4250. The van der Waals surface area contributed by atoms with Crippen LogP contribution in [0.25, 0.3) is 118 Å². The molecule has 0 N–H and O–H groups in total. The number of hydrogen-bond donors (Lipinski definition) is 0. The molecule has 0 spiro atoms. The Balaban J connectivity index is 1.22. The van der Waals surface area contributed by atoms with Crippen LogP contribution in [-0.4, -0.2) is 9.13 Å². The molecule has 0 aliphatic heterocycles. The fourth-order valence-corrected chi connectivity index (χ4v) is 16.1. The number of rotatable bonds is 6. The predicted molar refractivity (Wildman–Crippen MR) is 303 cm³/mol. The van der Waals surface area contributed by atoms with E-state index >= 15 is 8.78 Å². The molecule has 15 rings (SSSR count). The lowest BCUT2D eigenvalue weighted by Gasteiger charge is -2.37. The third kappa shape index (κ3) is 6.34. The molecule has 13 aromatic rings. The summed E-state index contributed by atoms with van der Waals surface area (Å²) < 4.78 is 43.3. The molecule has 2 aliphatic carbocycles. The zero-order valence-corrected chi connectivity index (χ0v) is 41.5. The highest BCUT2D eigenvalue weighted by Gasteiger charge is 2.37. The van der Waals surface area contributed by atoms with E-state index in [0.717, 1.165) is 90.3 Å². The van der Waals surface area contributed by atoms with Crippen molar-refractivity contribution < 1.29 is 8.78 Å². The van der Waals surface area contributed by atoms with Crippen LogP contribution in [0.1, 0.15) is 87.2 Å². The average molecular weight is 973 g/mol. The van der Waals surface area contributed by atoms with Crippen molar-refractivity contribution in [1.29, 1.82) is 0 Å². The van der Waals surface area contributed by atoms with E-state index in [1.807, 2.05) is 34.8 Å². The van der Waals surface area contributed by atoms with Gasteiger partial charge in [0.2, 0.25) is 0 Å². The molecule has 0 bridgehead atoms. The van der Waals surface area contributed by atoms with Crippen LogP contribution in [0, 0.1) is 11.6 Å². The molecule has 2 fully saturated rings. The van der Waals surface area contributed by atoms with Gasteiger partial charge in [-0.2, -0.15) is 0 Å². The molecule has 4 heterocycles. The molecule has 6 heteroatoms. The van der Waals surface area contributed by atoms with Gasteiger partial charge < -0.3 is 9.13 Å². The van der Waals surface area contributed by atoms with Crippen molar-refractivity contribution in [3.05, 3.63) is 193 Å². The Morgan fingerprint density at radius 3 is 1.24 bits per heavy atom. The molecular weight excluding hydrogens is 923 g/mol. The largest absolute Gasteiger partial charge is 0.309 e. The number of fused-ring (bicyclic) bond motifs is 14. The zero-order chi connectivity index (χ0) is 47.6. The number of aromatic nitrogens is 2. The van der Waals surface area contributed by atoms with Crippen LogP contribution in [0.15, 0.2) is 170 Å². The molecule has 2 nitrogen and oxygen atoms in total. The van der Waals surface area contributed by atoms with E-state index < -0.39 is 0 Å². The fourth-order valence-electron chi connectivity index (χ4n) is 13.6. The summed E-state index contributed by atoms with van der Waals surface area (Å²) >= 11 is 3.75. The van der Waals surface area contributed by atoms with Crippen molar-refractivity contribution in [3.8, 4) is 33.6 Å². The number of hydrogen-bond acceptors (Lipinski definition) is 2. The fraction of sp³-hybridized carbons (Fsp3) is 0.182. The maximum atomic E-state index is 16.5. The normalized spacial score (nSPS) is 15.2. The first-order valence-corrected chi connectivity index (χ1v) is 27.7. The summed E-state index contributed by atoms with van der Waals surface area (Å²) in [5, 5.41) is 9.98. The summed E-state index contributed by atoms with van der Waals surface area (Å²) in [6.07, 6.45) is 11.0. The van der Waals surface area contributed by atoms with E-state index in [2.05, 4.69) is 143 Å². The molecule has 2 saturated carbocycles. The predicted octanol–water partition coefficient (Wildman–Crippen LogP) is 20.3. The second-order valence-corrected chi connectivity index (χ2v) is 22.6. The number of thiophene rings is 2. The molecule has 0 atom stereocenters. The summed E-state index contributed by atoms with van der Waals surface area (Å²) in [6, 6.07) is 59.6. The maximum Gasteiger partial charge on any atom is 0.123 e. The van der Waals surface area contributed by atoms with Gasteiger partial charge in [0, 0.05) is 73.0 Å². The Morgan fingerprint density at radius 1 is 0.361 bits per heavy atom. The highest BCUT2D eigenvalue weighted by atomic mass is 32.1. The van der Waals surface area contributed by atoms with Crippen LogP contribution >= 0.6 is 22.7 Å². The second kappa shape index (κ2) is 16.7. The van der Waals surface area contributed by atoms with Gasteiger partial charge in [-0.1, -0.05) is 148 Å². The van der Waals surface area contributed by atoms with E-state index in [-0.39, 0.29) is 23.5 Å². The Kier molecular flexibility index (Phi) is 9.89. The number of benzene rings is 9. The van der Waals surface area contributed by atoms with Crippen LogP contribution in [0.3, 0.4) is 0 Å². The monoisotopic (exact) mass is 972 g/mol. The molecule has 9 aromatic carbocycles. The molecule has 0 saturated heterocycles. The lowest BCUT2D eigenvalue weighted by molar-refractivity contribution is 0.435. The smallest absolute Gasteiger partial charge is 0.123 e.